The zero-order chi connectivity index (χ0) is 13.1. The van der Waals surface area contributed by atoms with E-state index in [2.05, 4.69) is 0 Å². The summed E-state index contributed by atoms with van der Waals surface area (Å²) in [7, 11) is 0. The quantitative estimate of drug-likeness (QED) is 0.797. The van der Waals surface area contributed by atoms with Gasteiger partial charge in [0.05, 0.1) is 0 Å². The lowest BCUT2D eigenvalue weighted by molar-refractivity contribution is 0.0632. The molecule has 0 aliphatic rings. The number of para-hydroxylation sites is 1. The molecule has 2 amide bonds. The molecule has 0 aliphatic carbocycles. The summed E-state index contributed by atoms with van der Waals surface area (Å²) in [6.45, 7) is 1.87. The van der Waals surface area contributed by atoms with Crippen molar-refractivity contribution < 1.29 is 19.1 Å². The molecule has 0 atom stereocenters. The van der Waals surface area contributed by atoms with Gasteiger partial charge in [-0.05, 0) is 19.1 Å². The molecule has 0 unspecified atom stereocenters. The molecule has 18 heavy (non-hydrogen) atoms. The van der Waals surface area contributed by atoms with Crippen LogP contribution in [0.4, 0.5) is 4.79 Å². The fourth-order valence-electron chi connectivity index (χ4n) is 1.61. The van der Waals surface area contributed by atoms with Crippen molar-refractivity contribution in [3.05, 3.63) is 36.1 Å². The molecule has 2 N–H and O–H groups in total. The van der Waals surface area contributed by atoms with Gasteiger partial charge in [-0.2, -0.15) is 0 Å². The minimum Gasteiger partial charge on any atom is -0.464 e. The molecule has 2 rings (SSSR count). The van der Waals surface area contributed by atoms with Gasteiger partial charge in [0.1, 0.15) is 5.58 Å². The Morgan fingerprint density at radius 3 is 2.72 bits per heavy atom. The maximum atomic E-state index is 12.0. The second-order valence-corrected chi connectivity index (χ2v) is 3.61. The lowest BCUT2D eigenvalue weighted by Crippen LogP contribution is -2.45. The van der Waals surface area contributed by atoms with E-state index in [1.807, 2.05) is 17.6 Å². The van der Waals surface area contributed by atoms with Crippen molar-refractivity contribution in [2.75, 3.05) is 6.54 Å². The van der Waals surface area contributed by atoms with Crippen LogP contribution in [-0.4, -0.2) is 28.7 Å². The van der Waals surface area contributed by atoms with E-state index in [1.54, 1.807) is 25.1 Å². The van der Waals surface area contributed by atoms with Crippen LogP contribution in [-0.2, 0) is 0 Å². The van der Waals surface area contributed by atoms with Crippen molar-refractivity contribution in [2.45, 2.75) is 6.92 Å². The molecule has 0 bridgehead atoms. The van der Waals surface area contributed by atoms with Crippen molar-refractivity contribution >= 4 is 23.0 Å². The Morgan fingerprint density at radius 1 is 1.39 bits per heavy atom. The first kappa shape index (κ1) is 12.0. The first-order chi connectivity index (χ1) is 8.61. The Labute approximate surface area is 103 Å². The van der Waals surface area contributed by atoms with Crippen LogP contribution in [0.15, 0.2) is 34.7 Å². The summed E-state index contributed by atoms with van der Waals surface area (Å²) >= 11 is 0. The molecule has 6 heteroatoms. The summed E-state index contributed by atoms with van der Waals surface area (Å²) < 4.78 is 5.37. The Kier molecular flexibility index (Phi) is 3.18. The number of nitrogens with one attached hydrogen (secondary N) is 1. The molecule has 0 saturated carbocycles. The fourth-order valence-corrected chi connectivity index (χ4v) is 1.61. The number of benzene rings is 1. The molecular weight excluding hydrogens is 236 g/mol. The third kappa shape index (κ3) is 2.27. The smallest absolute Gasteiger partial charge is 0.423 e. The topological polar surface area (TPSA) is 82.8 Å². The number of nitrogens with zero attached hydrogens (tertiary/aromatic N) is 1. The van der Waals surface area contributed by atoms with Gasteiger partial charge >= 0.3 is 12.0 Å². The highest BCUT2D eigenvalue weighted by Gasteiger charge is 2.19. The summed E-state index contributed by atoms with van der Waals surface area (Å²) in [5.41, 5.74) is 2.60. The number of rotatable bonds is 2. The molecule has 0 fully saturated rings. The van der Waals surface area contributed by atoms with Crippen molar-refractivity contribution in [3.63, 3.8) is 0 Å². The van der Waals surface area contributed by atoms with Gasteiger partial charge in [0.25, 0.3) is 0 Å². The molecule has 1 heterocycles. The number of carboxylic acid groups (broad SMARTS) is 1. The maximum absolute atomic E-state index is 12.0. The van der Waals surface area contributed by atoms with E-state index in [-0.39, 0.29) is 12.3 Å². The summed E-state index contributed by atoms with van der Waals surface area (Å²) in [5.74, 6) is -0.414. The van der Waals surface area contributed by atoms with Gasteiger partial charge in [-0.25, -0.2) is 15.2 Å². The number of amides is 2. The average molecular weight is 248 g/mol. The van der Waals surface area contributed by atoms with Gasteiger partial charge < -0.3 is 9.52 Å². The highest BCUT2D eigenvalue weighted by Crippen LogP contribution is 2.19. The standard InChI is InChI=1S/C12H12N2O4/c1-2-14(13-12(16)17)11(15)10-7-8-5-3-4-6-9(8)18-10/h3-7,13H,2H2,1H3,(H,16,17). The van der Waals surface area contributed by atoms with Gasteiger partial charge in [-0.3, -0.25) is 4.79 Å². The largest absolute Gasteiger partial charge is 0.464 e. The molecule has 0 saturated heterocycles. The fraction of sp³-hybridized carbons (Fsp3) is 0.167. The van der Waals surface area contributed by atoms with Crippen LogP contribution in [0.2, 0.25) is 0 Å². The van der Waals surface area contributed by atoms with E-state index in [0.717, 1.165) is 10.4 Å². The van der Waals surface area contributed by atoms with E-state index in [0.29, 0.717) is 5.58 Å². The summed E-state index contributed by atoms with van der Waals surface area (Å²) in [4.78, 5) is 22.5. The molecular formula is C12H12N2O4. The zero-order valence-corrected chi connectivity index (χ0v) is 9.71. The first-order valence-corrected chi connectivity index (χ1v) is 5.42. The van der Waals surface area contributed by atoms with E-state index in [9.17, 15) is 9.59 Å². The third-order valence-corrected chi connectivity index (χ3v) is 2.43. The molecule has 0 spiro atoms. The van der Waals surface area contributed by atoms with Crippen LogP contribution < -0.4 is 5.43 Å². The predicted molar refractivity (Wildman–Crippen MR) is 64.1 cm³/mol. The SMILES string of the molecule is CCN(NC(=O)O)C(=O)c1cc2ccccc2o1. The van der Waals surface area contributed by atoms with Crippen LogP contribution in [0.1, 0.15) is 17.5 Å². The second kappa shape index (κ2) is 4.79. The van der Waals surface area contributed by atoms with Gasteiger partial charge in [-0.1, -0.05) is 18.2 Å². The summed E-state index contributed by atoms with van der Waals surface area (Å²) in [6.07, 6.45) is -1.29. The van der Waals surface area contributed by atoms with Crippen molar-refractivity contribution in [1.82, 2.24) is 10.4 Å². The number of hydrazine groups is 1. The number of furan rings is 1. The van der Waals surface area contributed by atoms with Gasteiger partial charge in [0, 0.05) is 11.9 Å². The number of carbonyl (C=O) groups excluding carboxylic acids is 1. The number of hydrogen-bond acceptors (Lipinski definition) is 3. The van der Waals surface area contributed by atoms with E-state index >= 15 is 0 Å². The lowest BCUT2D eigenvalue weighted by atomic mass is 10.2. The van der Waals surface area contributed by atoms with E-state index < -0.39 is 12.0 Å². The number of hydrogen-bond donors (Lipinski definition) is 2. The van der Waals surface area contributed by atoms with Gasteiger partial charge in [0.15, 0.2) is 5.76 Å². The van der Waals surface area contributed by atoms with Crippen molar-refractivity contribution in [2.24, 2.45) is 0 Å². The highest BCUT2D eigenvalue weighted by molar-refractivity contribution is 5.96. The van der Waals surface area contributed by atoms with Gasteiger partial charge in [0.2, 0.25) is 0 Å². The number of carbonyl (C=O) groups is 2. The van der Waals surface area contributed by atoms with Crippen LogP contribution >= 0.6 is 0 Å². The number of fused-ring (bicyclic) bond motifs is 1. The maximum Gasteiger partial charge on any atom is 0.423 e. The zero-order valence-electron chi connectivity index (χ0n) is 9.71. The van der Waals surface area contributed by atoms with Crippen molar-refractivity contribution in [3.8, 4) is 0 Å². The monoisotopic (exact) mass is 248 g/mol. The average Bonchev–Trinajstić information content (AvgIpc) is 2.78. The van der Waals surface area contributed by atoms with Crippen LogP contribution in [0.25, 0.3) is 11.0 Å². The predicted octanol–water partition coefficient (Wildman–Crippen LogP) is 2.08. The van der Waals surface area contributed by atoms with Crippen LogP contribution in [0.5, 0.6) is 0 Å². The Morgan fingerprint density at radius 2 is 2.11 bits per heavy atom. The lowest BCUT2D eigenvalue weighted by Gasteiger charge is -2.17. The second-order valence-electron chi connectivity index (χ2n) is 3.61. The minimum atomic E-state index is -1.29. The molecule has 0 aliphatic heterocycles. The molecule has 0 radical (unpaired) electrons. The highest BCUT2D eigenvalue weighted by atomic mass is 16.4. The minimum absolute atomic E-state index is 0.104. The van der Waals surface area contributed by atoms with E-state index in [4.69, 9.17) is 9.52 Å². The summed E-state index contributed by atoms with van der Waals surface area (Å²) in [6, 6.07) is 8.78. The molecule has 6 nitrogen and oxygen atoms in total. The van der Waals surface area contributed by atoms with Crippen molar-refractivity contribution in [1.29, 1.82) is 0 Å². The summed E-state index contributed by atoms with van der Waals surface area (Å²) in [5, 5.41) is 10.4. The Balaban J connectivity index is 2.29. The first-order valence-electron chi connectivity index (χ1n) is 5.42. The Hall–Kier alpha value is -2.50. The van der Waals surface area contributed by atoms with Crippen LogP contribution in [0, 0.1) is 0 Å². The molecule has 94 valence electrons. The Bertz CT molecular complexity index is 558. The molecule has 2 aromatic rings. The van der Waals surface area contributed by atoms with Crippen LogP contribution in [0.3, 0.4) is 0 Å². The van der Waals surface area contributed by atoms with E-state index in [1.165, 1.54) is 0 Å². The van der Waals surface area contributed by atoms with Gasteiger partial charge in [-0.15, -0.1) is 0 Å². The molecule has 1 aromatic carbocycles. The normalized spacial score (nSPS) is 10.3. The molecule has 1 aromatic heterocycles. The third-order valence-electron chi connectivity index (χ3n) is 2.43.